The molecule has 0 radical (unpaired) electrons. The number of hydrogen-bond donors (Lipinski definition) is 13. The van der Waals surface area contributed by atoms with E-state index >= 15 is 0 Å². The van der Waals surface area contributed by atoms with Crippen LogP contribution in [0.2, 0.25) is 0 Å². The summed E-state index contributed by atoms with van der Waals surface area (Å²) < 4.78 is 23.4. The van der Waals surface area contributed by atoms with E-state index < -0.39 is 92.2 Å². The Bertz CT molecular complexity index is 1260. The second-order valence-corrected chi connectivity index (χ2v) is 16.7. The van der Waals surface area contributed by atoms with Crippen LogP contribution in [0.5, 0.6) is 0 Å². The number of thioether (sulfide) groups is 1. The maximum Gasteiger partial charge on any atom is 0.315 e. The first-order chi connectivity index (χ1) is 26.3. The van der Waals surface area contributed by atoms with E-state index in [1.165, 1.54) is 0 Å². The Hall–Kier alpha value is -1.96. The summed E-state index contributed by atoms with van der Waals surface area (Å²) in [5, 5.41) is 64.3. The van der Waals surface area contributed by atoms with Crippen LogP contribution in [0, 0.1) is 0 Å². The Balaban J connectivity index is 0.963. The first-order valence-corrected chi connectivity index (χ1v) is 20.5. The van der Waals surface area contributed by atoms with Crippen LogP contribution < -0.4 is 44.2 Å². The van der Waals surface area contributed by atoms with Gasteiger partial charge in [0.05, 0.1) is 36.9 Å². The maximum absolute atomic E-state index is 12.6. The van der Waals surface area contributed by atoms with Gasteiger partial charge < -0.3 is 88.7 Å². The minimum Gasteiger partial charge on any atom is -0.394 e. The first kappa shape index (κ1) is 44.1. The van der Waals surface area contributed by atoms with Gasteiger partial charge in [-0.2, -0.15) is 11.8 Å². The summed E-state index contributed by atoms with van der Waals surface area (Å²) in [4.78, 5) is 36.4. The van der Waals surface area contributed by atoms with Crippen molar-refractivity contribution in [2.75, 3.05) is 25.4 Å². The number of urea groups is 1. The molecule has 0 spiro atoms. The highest BCUT2D eigenvalue weighted by atomic mass is 32.2. The fourth-order valence-electron chi connectivity index (χ4n) is 7.88. The molecular weight excluding hydrogens is 744 g/mol. The molecule has 55 heavy (non-hydrogen) atoms. The van der Waals surface area contributed by atoms with Gasteiger partial charge in [-0.05, 0) is 38.5 Å². The molecule has 17 N–H and O–H groups in total. The number of carbonyl (C=O) groups is 3. The van der Waals surface area contributed by atoms with Crippen molar-refractivity contribution in [3.8, 4) is 0 Å². The van der Waals surface area contributed by atoms with E-state index in [4.69, 9.17) is 41.9 Å². The molecule has 0 bridgehead atoms. The Morgan fingerprint density at radius 2 is 1.44 bits per heavy atom. The second-order valence-electron chi connectivity index (χ2n) is 15.4. The summed E-state index contributed by atoms with van der Waals surface area (Å²) in [5.74, 6) is 0.699. The van der Waals surface area contributed by atoms with Gasteiger partial charge in [0.1, 0.15) is 42.7 Å². The van der Waals surface area contributed by atoms with Crippen molar-refractivity contribution in [1.29, 1.82) is 0 Å². The molecule has 1 aliphatic carbocycles. The van der Waals surface area contributed by atoms with Crippen molar-refractivity contribution in [2.24, 2.45) is 22.9 Å². The molecule has 0 aromatic carbocycles. The maximum atomic E-state index is 12.6. The highest BCUT2D eigenvalue weighted by Gasteiger charge is 2.50. The van der Waals surface area contributed by atoms with Crippen LogP contribution in [0.4, 0.5) is 4.79 Å². The lowest BCUT2D eigenvalue weighted by atomic mass is 9.84. The van der Waals surface area contributed by atoms with Gasteiger partial charge in [-0.15, -0.1) is 0 Å². The summed E-state index contributed by atoms with van der Waals surface area (Å²) in [5.41, 5.74) is 24.7. The molecule has 4 aliphatic heterocycles. The van der Waals surface area contributed by atoms with Crippen molar-refractivity contribution < 1.29 is 58.9 Å². The van der Waals surface area contributed by atoms with Gasteiger partial charge in [-0.1, -0.05) is 12.8 Å². The van der Waals surface area contributed by atoms with Gasteiger partial charge in [-0.3, -0.25) is 9.59 Å². The minimum atomic E-state index is -1.49. The number of amides is 4. The van der Waals surface area contributed by atoms with Crippen LogP contribution in [0.15, 0.2) is 0 Å². The van der Waals surface area contributed by atoms with E-state index in [0.717, 1.165) is 37.9 Å². The zero-order valence-electron chi connectivity index (χ0n) is 31.0. The summed E-state index contributed by atoms with van der Waals surface area (Å²) in [6.45, 7) is -0.0740. The average Bonchev–Trinajstić information content (AvgIpc) is 3.70. The average molecular weight is 807 g/mol. The van der Waals surface area contributed by atoms with E-state index in [2.05, 4.69) is 21.3 Å². The van der Waals surface area contributed by atoms with Gasteiger partial charge in [0.25, 0.3) is 0 Å². The highest BCUT2D eigenvalue weighted by molar-refractivity contribution is 8.00. The van der Waals surface area contributed by atoms with Crippen molar-refractivity contribution >= 4 is 29.6 Å². The quantitative estimate of drug-likeness (QED) is 0.0457. The smallest absolute Gasteiger partial charge is 0.315 e. The summed E-state index contributed by atoms with van der Waals surface area (Å²) in [6, 6.07) is -3.30. The number of nitrogens with one attached hydrogen (secondary N) is 4. The van der Waals surface area contributed by atoms with Crippen molar-refractivity contribution in [3.63, 3.8) is 0 Å². The van der Waals surface area contributed by atoms with Crippen molar-refractivity contribution in [3.05, 3.63) is 0 Å². The molecule has 0 aromatic heterocycles. The van der Waals surface area contributed by atoms with E-state index in [1.807, 2.05) is 11.8 Å². The van der Waals surface area contributed by atoms with Crippen LogP contribution in [-0.2, 0) is 28.5 Å². The molecule has 5 aliphatic rings. The number of aliphatic hydroxyl groups excluding tert-OH is 5. The minimum absolute atomic E-state index is 0.00724. The summed E-state index contributed by atoms with van der Waals surface area (Å²) in [7, 11) is 0. The predicted octanol–water partition coefficient (Wildman–Crippen LogP) is -4.74. The highest BCUT2D eigenvalue weighted by Crippen LogP contribution is 2.34. The van der Waals surface area contributed by atoms with E-state index in [1.54, 1.807) is 0 Å². The monoisotopic (exact) mass is 806 g/mol. The van der Waals surface area contributed by atoms with Crippen LogP contribution in [0.25, 0.3) is 0 Å². The number of hydrogen-bond acceptors (Lipinski definition) is 17. The lowest BCUT2D eigenvalue weighted by Crippen LogP contribution is -2.68. The number of fused-ring (bicyclic) bond motifs is 1. The number of nitrogens with two attached hydrogens (primary N) is 4. The molecule has 20 nitrogen and oxygen atoms in total. The van der Waals surface area contributed by atoms with Crippen molar-refractivity contribution in [1.82, 2.24) is 21.3 Å². The molecule has 4 heterocycles. The van der Waals surface area contributed by atoms with Gasteiger partial charge >= 0.3 is 6.03 Å². The Kier molecular flexibility index (Phi) is 16.6. The predicted molar refractivity (Wildman–Crippen MR) is 198 cm³/mol. The zero-order chi connectivity index (χ0) is 39.8. The van der Waals surface area contributed by atoms with Crippen molar-refractivity contribution in [2.45, 2.75) is 167 Å². The van der Waals surface area contributed by atoms with Gasteiger partial charge in [0.15, 0.2) is 12.6 Å². The number of ether oxygens (including phenoxy) is 4. The fourth-order valence-corrected chi connectivity index (χ4v) is 9.42. The fraction of sp³-hybridized carbons (Fsp3) is 0.912. The third-order valence-corrected chi connectivity index (χ3v) is 12.7. The van der Waals surface area contributed by atoms with Gasteiger partial charge in [0, 0.05) is 49.0 Å². The van der Waals surface area contributed by atoms with E-state index in [9.17, 15) is 39.9 Å². The number of aliphatic hydroxyl groups is 5. The second kappa shape index (κ2) is 20.6. The molecule has 17 atom stereocenters. The molecule has 8 unspecified atom stereocenters. The Labute approximate surface area is 324 Å². The number of carbonyl (C=O) groups excluding carboxylic acids is 3. The summed E-state index contributed by atoms with van der Waals surface area (Å²) in [6.07, 6.45) is -6.42. The van der Waals surface area contributed by atoms with Crippen LogP contribution >= 0.6 is 11.8 Å². The van der Waals surface area contributed by atoms with Crippen LogP contribution in [0.3, 0.4) is 0 Å². The number of unbranched alkanes of at least 4 members (excludes halogenated alkanes) is 3. The number of rotatable bonds is 18. The third kappa shape index (κ3) is 11.6. The SMILES string of the molecule is NC1C[C@H](O)C(CNC(=O)CCCCCNC(=O)CCCC[C@@H]2SCC3NC(=O)NC32)O[C@@H]1O[C@H]1C(O)C(O[C@H]2OC(CO)[C@@H](O)[C@H](N)C2O)[C@H](N)C[C@H]1N. The molecule has 5 rings (SSSR count). The molecule has 5 fully saturated rings. The molecule has 0 aromatic rings. The van der Waals surface area contributed by atoms with E-state index in [-0.39, 0.29) is 55.7 Å². The third-order valence-electron chi connectivity index (χ3n) is 11.2. The molecule has 1 saturated carbocycles. The summed E-state index contributed by atoms with van der Waals surface area (Å²) >= 11 is 1.87. The Morgan fingerprint density at radius 3 is 2.15 bits per heavy atom. The standard InChI is InChI=1S/C34H62N8O12S/c35-15-10-16(36)31(54-33-28(48)25(38)27(47)21(13-43)52-33)29(49)30(15)53-32-17(37)11-19(44)20(51-32)12-40-24(46)7-2-1-5-9-39-23(45)8-4-3-6-22-26-18(14-55-22)41-34(50)42-26/h15-22,25-33,43-44,47-49H,1-14,35-38H2,(H,39,45)(H,40,46)(H2,41,42,50)/t15-,16-,17?,18?,19+,20?,21?,22+,25+,26?,27-,28?,29?,30-,31?,32-,33-/m1/s1. The molecular formula is C34H62N8O12S. The van der Waals surface area contributed by atoms with E-state index in [0.29, 0.717) is 24.6 Å². The zero-order valence-corrected chi connectivity index (χ0v) is 31.8. The Morgan fingerprint density at radius 1 is 0.782 bits per heavy atom. The van der Waals surface area contributed by atoms with Gasteiger partial charge in [-0.25, -0.2) is 4.79 Å². The molecule has 4 amide bonds. The van der Waals surface area contributed by atoms with Crippen LogP contribution in [0.1, 0.15) is 64.2 Å². The normalized spacial score (nSPS) is 41.6. The lowest BCUT2D eigenvalue weighted by Gasteiger charge is -2.47. The first-order valence-electron chi connectivity index (χ1n) is 19.5. The topological polar surface area (TPSA) is 341 Å². The molecule has 316 valence electrons. The largest absolute Gasteiger partial charge is 0.394 e. The van der Waals surface area contributed by atoms with Gasteiger partial charge in [0.2, 0.25) is 11.8 Å². The van der Waals surface area contributed by atoms with Crippen LogP contribution in [-0.4, -0.2) is 172 Å². The molecule has 21 heteroatoms. The molecule has 4 saturated heterocycles. The lowest BCUT2D eigenvalue weighted by molar-refractivity contribution is -0.315.